The summed E-state index contributed by atoms with van der Waals surface area (Å²) in [5.41, 5.74) is 1.87. The Balaban J connectivity index is 2.30. The Hall–Kier alpha value is -2.74. The van der Waals surface area contributed by atoms with Crippen LogP contribution in [0.2, 0.25) is 0 Å². The second-order valence-electron chi connectivity index (χ2n) is 7.40. The molecule has 0 aliphatic rings. The molecule has 7 nitrogen and oxygen atoms in total. The fraction of sp³-hybridized carbons (Fsp3) is 0.381. The summed E-state index contributed by atoms with van der Waals surface area (Å²) in [6.45, 7) is 7.48. The highest BCUT2D eigenvalue weighted by molar-refractivity contribution is 7.91. The van der Waals surface area contributed by atoms with Crippen LogP contribution in [0.1, 0.15) is 35.8 Å². The van der Waals surface area contributed by atoms with Gasteiger partial charge in [-0.15, -0.1) is 0 Å². The Labute approximate surface area is 171 Å². The molecule has 2 N–H and O–H groups in total. The number of nitrogens with zero attached hydrogens (tertiary/aromatic N) is 1. The molecule has 0 bridgehead atoms. The normalized spacial score (nSPS) is 12.4. The van der Waals surface area contributed by atoms with Crippen LogP contribution in [0.25, 0.3) is 0 Å². The lowest BCUT2D eigenvalue weighted by Gasteiger charge is -2.20. The summed E-state index contributed by atoms with van der Waals surface area (Å²) < 4.78 is 26.8. The van der Waals surface area contributed by atoms with Crippen LogP contribution < -0.4 is 10.6 Å². The molecule has 0 aliphatic carbocycles. The molecule has 2 amide bonds. The van der Waals surface area contributed by atoms with E-state index in [2.05, 4.69) is 15.6 Å². The summed E-state index contributed by atoms with van der Waals surface area (Å²) in [5, 5.41) is 3.91. The Morgan fingerprint density at radius 1 is 1.03 bits per heavy atom. The molecule has 2 aromatic rings. The van der Waals surface area contributed by atoms with Crippen LogP contribution in [0.5, 0.6) is 0 Å². The van der Waals surface area contributed by atoms with Crippen molar-refractivity contribution in [2.75, 3.05) is 13.1 Å². The standard InChI is InChI=1S/C21H27N3O4S/c1-14(2)11-23-20(25)21(26)24-13-19(17-6-5-9-22-12-17)29(27,28)18-10-15(3)7-8-16(18)4/h5-10,12,14,19H,11,13H2,1-4H3,(H,23,25)(H,24,26)/t19-/m0/s1. The quantitative estimate of drug-likeness (QED) is 0.671. The number of carbonyl (C=O) groups is 2. The molecule has 1 atom stereocenters. The topological polar surface area (TPSA) is 105 Å². The molecular formula is C21H27N3O4S. The van der Waals surface area contributed by atoms with Crippen molar-refractivity contribution in [1.29, 1.82) is 0 Å². The first kappa shape index (κ1) is 22.5. The maximum absolute atomic E-state index is 13.4. The van der Waals surface area contributed by atoms with E-state index in [0.717, 1.165) is 5.56 Å². The van der Waals surface area contributed by atoms with Crippen molar-refractivity contribution in [2.45, 2.75) is 37.8 Å². The van der Waals surface area contributed by atoms with Gasteiger partial charge in [-0.1, -0.05) is 32.0 Å². The summed E-state index contributed by atoms with van der Waals surface area (Å²) in [6, 6.07) is 8.49. The lowest BCUT2D eigenvalue weighted by Crippen LogP contribution is -2.43. The van der Waals surface area contributed by atoms with Crippen molar-refractivity contribution in [3.8, 4) is 0 Å². The van der Waals surface area contributed by atoms with E-state index in [1.165, 1.54) is 6.20 Å². The highest BCUT2D eigenvalue weighted by Gasteiger charge is 2.31. The zero-order valence-electron chi connectivity index (χ0n) is 17.1. The van der Waals surface area contributed by atoms with Gasteiger partial charge in [0.1, 0.15) is 5.25 Å². The molecule has 0 aliphatic heterocycles. The molecule has 29 heavy (non-hydrogen) atoms. The predicted molar refractivity (Wildman–Crippen MR) is 111 cm³/mol. The third-order valence-electron chi connectivity index (χ3n) is 4.41. The summed E-state index contributed by atoms with van der Waals surface area (Å²) in [6.07, 6.45) is 3.00. The number of sulfone groups is 1. The van der Waals surface area contributed by atoms with Gasteiger partial charge >= 0.3 is 11.8 Å². The zero-order valence-corrected chi connectivity index (χ0v) is 17.9. The predicted octanol–water partition coefficient (Wildman–Crippen LogP) is 2.10. The van der Waals surface area contributed by atoms with Crippen molar-refractivity contribution in [1.82, 2.24) is 15.6 Å². The van der Waals surface area contributed by atoms with Gasteiger partial charge in [-0.25, -0.2) is 8.42 Å². The van der Waals surface area contributed by atoms with Gasteiger partial charge in [-0.3, -0.25) is 14.6 Å². The van der Waals surface area contributed by atoms with Crippen LogP contribution in [0, 0.1) is 19.8 Å². The highest BCUT2D eigenvalue weighted by Crippen LogP contribution is 2.30. The van der Waals surface area contributed by atoms with Crippen LogP contribution in [0.15, 0.2) is 47.6 Å². The van der Waals surface area contributed by atoms with Gasteiger partial charge < -0.3 is 10.6 Å². The summed E-state index contributed by atoms with van der Waals surface area (Å²) >= 11 is 0. The first-order valence-electron chi connectivity index (χ1n) is 9.40. The molecule has 0 radical (unpaired) electrons. The van der Waals surface area contributed by atoms with Gasteiger partial charge in [0.05, 0.1) is 4.90 Å². The molecule has 0 spiro atoms. The van der Waals surface area contributed by atoms with Gasteiger partial charge in [0, 0.05) is 25.5 Å². The highest BCUT2D eigenvalue weighted by atomic mass is 32.2. The molecule has 156 valence electrons. The monoisotopic (exact) mass is 417 g/mol. The smallest absolute Gasteiger partial charge is 0.309 e. The van der Waals surface area contributed by atoms with Crippen molar-refractivity contribution >= 4 is 21.7 Å². The fourth-order valence-corrected chi connectivity index (χ4v) is 4.76. The van der Waals surface area contributed by atoms with E-state index in [1.54, 1.807) is 37.4 Å². The zero-order chi connectivity index (χ0) is 21.6. The molecule has 1 aromatic carbocycles. The number of aromatic nitrogens is 1. The minimum absolute atomic E-state index is 0.194. The number of hydrogen-bond acceptors (Lipinski definition) is 5. The molecule has 0 saturated carbocycles. The summed E-state index contributed by atoms with van der Waals surface area (Å²) in [5.74, 6) is -1.46. The minimum Gasteiger partial charge on any atom is -0.348 e. The number of benzene rings is 1. The lowest BCUT2D eigenvalue weighted by molar-refractivity contribution is -0.139. The average Bonchev–Trinajstić information content (AvgIpc) is 2.68. The molecule has 0 fully saturated rings. The molecule has 0 saturated heterocycles. The molecule has 8 heteroatoms. The van der Waals surface area contributed by atoms with Crippen LogP contribution in [-0.4, -0.2) is 38.3 Å². The van der Waals surface area contributed by atoms with Gasteiger partial charge in [0.15, 0.2) is 9.84 Å². The van der Waals surface area contributed by atoms with E-state index in [4.69, 9.17) is 0 Å². The van der Waals surface area contributed by atoms with Crippen LogP contribution >= 0.6 is 0 Å². The van der Waals surface area contributed by atoms with Gasteiger partial charge in [-0.2, -0.15) is 0 Å². The number of pyridine rings is 1. The molecule has 1 aromatic heterocycles. The van der Waals surface area contributed by atoms with Crippen molar-refractivity contribution in [3.05, 3.63) is 59.4 Å². The minimum atomic E-state index is -3.84. The third kappa shape index (κ3) is 5.87. The van der Waals surface area contributed by atoms with E-state index in [1.807, 2.05) is 26.8 Å². The lowest BCUT2D eigenvalue weighted by atomic mass is 10.2. The number of carbonyl (C=O) groups excluding carboxylic acids is 2. The van der Waals surface area contributed by atoms with Crippen molar-refractivity contribution in [2.24, 2.45) is 5.92 Å². The maximum Gasteiger partial charge on any atom is 0.309 e. The van der Waals surface area contributed by atoms with E-state index < -0.39 is 26.9 Å². The molecule has 2 rings (SSSR count). The maximum atomic E-state index is 13.4. The van der Waals surface area contributed by atoms with Gasteiger partial charge in [0.2, 0.25) is 0 Å². The molecule has 0 unspecified atom stereocenters. The number of hydrogen-bond donors (Lipinski definition) is 2. The second kappa shape index (κ2) is 9.65. The Morgan fingerprint density at radius 2 is 1.69 bits per heavy atom. The van der Waals surface area contributed by atoms with Gasteiger partial charge in [0.25, 0.3) is 0 Å². The number of rotatable bonds is 7. The van der Waals surface area contributed by atoms with E-state index >= 15 is 0 Å². The SMILES string of the molecule is Cc1ccc(C)c(S(=O)(=O)[C@@H](CNC(=O)C(=O)NCC(C)C)c2cccnc2)c1. The molecule has 1 heterocycles. The molecular weight excluding hydrogens is 390 g/mol. The first-order valence-corrected chi connectivity index (χ1v) is 10.9. The number of nitrogens with one attached hydrogen (secondary N) is 2. The fourth-order valence-electron chi connectivity index (χ4n) is 2.78. The summed E-state index contributed by atoms with van der Waals surface area (Å²) in [4.78, 5) is 28.3. The second-order valence-corrected chi connectivity index (χ2v) is 9.50. The Bertz CT molecular complexity index is 973. The Kier molecular flexibility index (Phi) is 7.50. The van der Waals surface area contributed by atoms with Crippen LogP contribution in [-0.2, 0) is 19.4 Å². The van der Waals surface area contributed by atoms with Crippen LogP contribution in [0.3, 0.4) is 0 Å². The van der Waals surface area contributed by atoms with E-state index in [0.29, 0.717) is 17.7 Å². The largest absolute Gasteiger partial charge is 0.348 e. The van der Waals surface area contributed by atoms with Crippen molar-refractivity contribution in [3.63, 3.8) is 0 Å². The summed E-state index contributed by atoms with van der Waals surface area (Å²) in [7, 11) is -3.84. The first-order chi connectivity index (χ1) is 13.6. The Morgan fingerprint density at radius 3 is 2.28 bits per heavy atom. The van der Waals surface area contributed by atoms with Gasteiger partial charge in [-0.05, 0) is 48.6 Å². The number of amides is 2. The average molecular weight is 418 g/mol. The van der Waals surface area contributed by atoms with Crippen molar-refractivity contribution < 1.29 is 18.0 Å². The van der Waals surface area contributed by atoms with Crippen LogP contribution in [0.4, 0.5) is 0 Å². The number of aryl methyl sites for hydroxylation is 2. The van der Waals surface area contributed by atoms with E-state index in [-0.39, 0.29) is 17.4 Å². The third-order valence-corrected chi connectivity index (χ3v) is 6.65. The van der Waals surface area contributed by atoms with E-state index in [9.17, 15) is 18.0 Å².